The van der Waals surface area contributed by atoms with Gasteiger partial charge < -0.3 is 9.90 Å². The Kier molecular flexibility index (Phi) is 2.91. The Morgan fingerprint density at radius 3 is 2.29 bits per heavy atom. The van der Waals surface area contributed by atoms with Gasteiger partial charge in [-0.25, -0.2) is 4.39 Å². The third-order valence-electron chi connectivity index (χ3n) is 2.62. The van der Waals surface area contributed by atoms with E-state index in [1.165, 1.54) is 18.2 Å². The Morgan fingerprint density at radius 1 is 1.12 bits per heavy atom. The Hall–Kier alpha value is -2.16. The quantitative estimate of drug-likeness (QED) is 0.791. The molecule has 0 aliphatic carbocycles. The summed E-state index contributed by atoms with van der Waals surface area (Å²) >= 11 is 0. The highest BCUT2D eigenvalue weighted by Gasteiger charge is 2.03. The second kappa shape index (κ2) is 4.37. The predicted molar refractivity (Wildman–Crippen MR) is 60.9 cm³/mol. The van der Waals surface area contributed by atoms with Gasteiger partial charge in [0.2, 0.25) is 0 Å². The first-order chi connectivity index (χ1) is 8.08. The smallest absolute Gasteiger partial charge is 0.123 e. The molecule has 0 fully saturated rings. The van der Waals surface area contributed by atoms with Gasteiger partial charge in [0.15, 0.2) is 0 Å². The van der Waals surface area contributed by atoms with Gasteiger partial charge in [0, 0.05) is 0 Å². The highest BCUT2D eigenvalue weighted by molar-refractivity contribution is 5.87. The van der Waals surface area contributed by atoms with Gasteiger partial charge in [-0.15, -0.1) is 0 Å². The molecule has 0 saturated carbocycles. The van der Waals surface area contributed by atoms with Crippen LogP contribution in [0.2, 0.25) is 0 Å². The van der Waals surface area contributed by atoms with Gasteiger partial charge in [-0.2, -0.15) is 0 Å². The number of benzene rings is 2. The summed E-state index contributed by atoms with van der Waals surface area (Å²) < 4.78 is 12.8. The minimum absolute atomic E-state index is 0.147. The van der Waals surface area contributed by atoms with Crippen LogP contribution < -0.4 is 5.11 Å². The fraction of sp³-hybridized carbons (Fsp3) is 0.0714. The van der Waals surface area contributed by atoms with Crippen molar-refractivity contribution in [1.82, 2.24) is 0 Å². The minimum atomic E-state index is -1.20. The maximum atomic E-state index is 12.8. The zero-order chi connectivity index (χ0) is 12.4. The number of rotatable bonds is 2. The van der Waals surface area contributed by atoms with E-state index in [4.69, 9.17) is 0 Å². The number of halogens is 1. The van der Waals surface area contributed by atoms with Crippen LogP contribution in [0.4, 0.5) is 4.39 Å². The molecule has 0 heterocycles. The molecule has 2 rings (SSSR count). The monoisotopic (exact) mass is 229 g/mol. The van der Waals surface area contributed by atoms with Gasteiger partial charge in [-0.05, 0) is 47.4 Å². The van der Waals surface area contributed by atoms with Gasteiger partial charge in [0.1, 0.15) is 5.82 Å². The van der Waals surface area contributed by atoms with Gasteiger partial charge in [-0.1, -0.05) is 24.3 Å². The first-order valence-electron chi connectivity index (χ1n) is 5.16. The van der Waals surface area contributed by atoms with Gasteiger partial charge >= 0.3 is 0 Å². The fourth-order valence-corrected chi connectivity index (χ4v) is 1.74. The van der Waals surface area contributed by atoms with E-state index in [0.717, 1.165) is 16.7 Å². The lowest BCUT2D eigenvalue weighted by molar-refractivity contribution is -0.255. The van der Waals surface area contributed by atoms with Crippen LogP contribution in [0.25, 0.3) is 11.1 Å². The SMILES string of the molecule is Cc1cc(C(=O)[O-])ccc1-c1ccc(F)cc1. The lowest BCUT2D eigenvalue weighted by atomic mass is 9.98. The maximum Gasteiger partial charge on any atom is 0.123 e. The molecule has 0 aliphatic heterocycles. The van der Waals surface area contributed by atoms with Crippen molar-refractivity contribution in [2.75, 3.05) is 0 Å². The molecular formula is C14H10FO2-. The van der Waals surface area contributed by atoms with Crippen LogP contribution in [-0.2, 0) is 0 Å². The number of aryl methyl sites for hydroxylation is 1. The number of hydrogen-bond acceptors (Lipinski definition) is 2. The summed E-state index contributed by atoms with van der Waals surface area (Å²) in [5.41, 5.74) is 2.70. The topological polar surface area (TPSA) is 40.1 Å². The summed E-state index contributed by atoms with van der Waals surface area (Å²) in [6, 6.07) is 10.8. The van der Waals surface area contributed by atoms with Crippen LogP contribution in [0.15, 0.2) is 42.5 Å². The second-order valence-electron chi connectivity index (χ2n) is 3.82. The van der Waals surface area contributed by atoms with E-state index in [-0.39, 0.29) is 11.4 Å². The van der Waals surface area contributed by atoms with Crippen molar-refractivity contribution in [3.8, 4) is 11.1 Å². The van der Waals surface area contributed by atoms with Crippen LogP contribution in [0.3, 0.4) is 0 Å². The predicted octanol–water partition coefficient (Wildman–Crippen LogP) is 2.16. The van der Waals surface area contributed by atoms with Gasteiger partial charge in [0.05, 0.1) is 5.97 Å². The highest BCUT2D eigenvalue weighted by atomic mass is 19.1. The molecule has 0 aromatic heterocycles. The van der Waals surface area contributed by atoms with E-state index in [1.807, 2.05) is 6.92 Å². The molecule has 0 atom stereocenters. The standard InChI is InChI=1S/C14H11FO2/c1-9-8-11(14(16)17)4-7-13(9)10-2-5-12(15)6-3-10/h2-8H,1H3,(H,16,17)/p-1. The van der Waals surface area contributed by atoms with Crippen LogP contribution in [0.1, 0.15) is 15.9 Å². The van der Waals surface area contributed by atoms with Crippen molar-refractivity contribution in [2.24, 2.45) is 0 Å². The molecule has 0 spiro atoms. The number of hydrogen-bond donors (Lipinski definition) is 0. The lowest BCUT2D eigenvalue weighted by Crippen LogP contribution is -2.22. The minimum Gasteiger partial charge on any atom is -0.545 e. The number of carboxylic acids is 1. The molecule has 0 unspecified atom stereocenters. The average Bonchev–Trinajstić information content (AvgIpc) is 2.30. The van der Waals surface area contributed by atoms with Gasteiger partial charge in [-0.3, -0.25) is 0 Å². The van der Waals surface area contributed by atoms with E-state index >= 15 is 0 Å². The van der Waals surface area contributed by atoms with Crippen molar-refractivity contribution in [1.29, 1.82) is 0 Å². The van der Waals surface area contributed by atoms with Crippen molar-refractivity contribution >= 4 is 5.97 Å². The van der Waals surface area contributed by atoms with Crippen molar-refractivity contribution in [3.05, 3.63) is 59.4 Å². The molecule has 0 aliphatic rings. The van der Waals surface area contributed by atoms with E-state index in [9.17, 15) is 14.3 Å². The molecule has 2 nitrogen and oxygen atoms in total. The molecule has 0 amide bonds. The molecule has 3 heteroatoms. The van der Waals surface area contributed by atoms with E-state index in [2.05, 4.69) is 0 Å². The second-order valence-corrected chi connectivity index (χ2v) is 3.82. The Morgan fingerprint density at radius 2 is 1.76 bits per heavy atom. The number of carbonyl (C=O) groups is 1. The third-order valence-corrected chi connectivity index (χ3v) is 2.62. The average molecular weight is 229 g/mol. The first kappa shape index (κ1) is 11.3. The van der Waals surface area contributed by atoms with E-state index in [0.29, 0.717) is 0 Å². The van der Waals surface area contributed by atoms with E-state index < -0.39 is 5.97 Å². The normalized spacial score (nSPS) is 10.2. The Bertz CT molecular complexity index is 559. The molecule has 0 bridgehead atoms. The third kappa shape index (κ3) is 2.33. The summed E-state index contributed by atoms with van der Waals surface area (Å²) in [4.78, 5) is 10.7. The van der Waals surface area contributed by atoms with Crippen molar-refractivity contribution in [3.63, 3.8) is 0 Å². The summed E-state index contributed by atoms with van der Waals surface area (Å²) in [6.45, 7) is 1.81. The van der Waals surface area contributed by atoms with Gasteiger partial charge in [0.25, 0.3) is 0 Å². The van der Waals surface area contributed by atoms with Crippen LogP contribution in [0, 0.1) is 12.7 Å². The fourth-order valence-electron chi connectivity index (χ4n) is 1.74. The highest BCUT2D eigenvalue weighted by Crippen LogP contribution is 2.24. The maximum absolute atomic E-state index is 12.8. The zero-order valence-electron chi connectivity index (χ0n) is 9.24. The summed E-state index contributed by atoms with van der Waals surface area (Å²) in [7, 11) is 0. The lowest BCUT2D eigenvalue weighted by Gasteiger charge is -2.09. The molecule has 17 heavy (non-hydrogen) atoms. The molecule has 0 N–H and O–H groups in total. The van der Waals surface area contributed by atoms with Crippen LogP contribution in [-0.4, -0.2) is 5.97 Å². The molecule has 0 saturated heterocycles. The molecule has 2 aromatic carbocycles. The van der Waals surface area contributed by atoms with Crippen molar-refractivity contribution in [2.45, 2.75) is 6.92 Å². The summed E-state index contributed by atoms with van der Waals surface area (Å²) in [5.74, 6) is -1.49. The van der Waals surface area contributed by atoms with E-state index in [1.54, 1.807) is 24.3 Å². The number of carbonyl (C=O) groups excluding carboxylic acids is 1. The van der Waals surface area contributed by atoms with Crippen LogP contribution >= 0.6 is 0 Å². The summed E-state index contributed by atoms with van der Waals surface area (Å²) in [5, 5.41) is 10.7. The molecular weight excluding hydrogens is 219 g/mol. The first-order valence-corrected chi connectivity index (χ1v) is 5.16. The van der Waals surface area contributed by atoms with Crippen LogP contribution in [0.5, 0.6) is 0 Å². The van der Waals surface area contributed by atoms with Crippen molar-refractivity contribution < 1.29 is 14.3 Å². The molecule has 0 radical (unpaired) electrons. The summed E-state index contributed by atoms with van der Waals surface area (Å²) in [6.07, 6.45) is 0. The Balaban J connectivity index is 2.46. The Labute approximate surface area is 98.3 Å². The number of carboxylic acid groups (broad SMARTS) is 1. The largest absolute Gasteiger partial charge is 0.545 e. The molecule has 2 aromatic rings. The zero-order valence-corrected chi connectivity index (χ0v) is 9.24. The molecule has 86 valence electrons. The number of aromatic carboxylic acids is 1.